The number of aryl methyl sites for hydroxylation is 1. The minimum atomic E-state index is -1.23. The van der Waals surface area contributed by atoms with Crippen molar-refractivity contribution in [1.82, 2.24) is 4.98 Å². The summed E-state index contributed by atoms with van der Waals surface area (Å²) in [4.78, 5) is 17.3. The van der Waals surface area contributed by atoms with Crippen LogP contribution in [0, 0.1) is 6.92 Å². The zero-order valence-corrected chi connectivity index (χ0v) is 15.4. The number of oxazole rings is 1. The summed E-state index contributed by atoms with van der Waals surface area (Å²) in [5.74, 6) is 1.00. The van der Waals surface area contributed by atoms with Crippen LogP contribution >= 0.6 is 0 Å². The van der Waals surface area contributed by atoms with E-state index < -0.39 is 16.8 Å². The number of carbonyl (C=O) groups excluding carboxylic acids is 1. The predicted molar refractivity (Wildman–Crippen MR) is 99.2 cm³/mol. The Balaban J connectivity index is 1.75. The predicted octanol–water partition coefficient (Wildman–Crippen LogP) is 4.13. The normalized spacial score (nSPS) is 11.9. The fourth-order valence-electron chi connectivity index (χ4n) is 2.47. The molecule has 5 nitrogen and oxygen atoms in total. The highest BCUT2D eigenvalue weighted by Gasteiger charge is 2.18. The van der Waals surface area contributed by atoms with Crippen LogP contribution in [-0.2, 0) is 22.1 Å². The molecule has 0 radical (unpaired) electrons. The molecule has 134 valence electrons. The Morgan fingerprint density at radius 1 is 1.12 bits per heavy atom. The molecule has 0 spiro atoms. The molecule has 3 aromatic rings. The Hall–Kier alpha value is -2.73. The molecule has 1 aromatic heterocycles. The van der Waals surface area contributed by atoms with Gasteiger partial charge in [0.05, 0.1) is 21.3 Å². The van der Waals surface area contributed by atoms with Crippen molar-refractivity contribution in [3.05, 3.63) is 71.6 Å². The smallest absolute Gasteiger partial charge is 0.339 e. The van der Waals surface area contributed by atoms with E-state index in [2.05, 4.69) is 4.98 Å². The molecule has 0 fully saturated rings. The van der Waals surface area contributed by atoms with Gasteiger partial charge in [0.1, 0.15) is 18.1 Å². The molecule has 26 heavy (non-hydrogen) atoms. The highest BCUT2D eigenvalue weighted by molar-refractivity contribution is 7.85. The number of benzene rings is 2. The van der Waals surface area contributed by atoms with E-state index in [1.807, 2.05) is 37.3 Å². The highest BCUT2D eigenvalue weighted by atomic mass is 32.2. The van der Waals surface area contributed by atoms with Crippen molar-refractivity contribution in [2.24, 2.45) is 0 Å². The molecular formula is C20H19NO4S. The van der Waals surface area contributed by atoms with Gasteiger partial charge < -0.3 is 9.15 Å². The van der Waals surface area contributed by atoms with E-state index in [0.717, 1.165) is 5.56 Å². The van der Waals surface area contributed by atoms with Gasteiger partial charge in [-0.05, 0) is 31.2 Å². The molecule has 0 N–H and O–H groups in total. The van der Waals surface area contributed by atoms with Gasteiger partial charge in [-0.1, -0.05) is 37.3 Å². The number of hydrogen-bond donors (Lipinski definition) is 0. The molecular weight excluding hydrogens is 350 g/mol. The lowest BCUT2D eigenvalue weighted by molar-refractivity contribution is 0.0462. The van der Waals surface area contributed by atoms with Gasteiger partial charge in [-0.3, -0.25) is 4.21 Å². The summed E-state index contributed by atoms with van der Waals surface area (Å²) in [7, 11) is -1.23. The van der Waals surface area contributed by atoms with Crippen molar-refractivity contribution < 1.29 is 18.2 Å². The van der Waals surface area contributed by atoms with Crippen LogP contribution in [0.4, 0.5) is 0 Å². The first-order valence-corrected chi connectivity index (χ1v) is 9.58. The number of esters is 1. The third-order valence-corrected chi connectivity index (χ3v) is 5.24. The maximum absolute atomic E-state index is 12.4. The van der Waals surface area contributed by atoms with Crippen LogP contribution in [0.15, 0.2) is 63.9 Å². The second-order valence-corrected chi connectivity index (χ2v) is 7.30. The molecule has 0 bridgehead atoms. The molecule has 1 atom stereocenters. The third kappa shape index (κ3) is 3.91. The van der Waals surface area contributed by atoms with Crippen LogP contribution < -0.4 is 0 Å². The van der Waals surface area contributed by atoms with E-state index in [9.17, 15) is 9.00 Å². The van der Waals surface area contributed by atoms with Crippen LogP contribution in [0.5, 0.6) is 0 Å². The summed E-state index contributed by atoms with van der Waals surface area (Å²) in [6.07, 6.45) is 0. The first-order chi connectivity index (χ1) is 12.6. The van der Waals surface area contributed by atoms with E-state index in [4.69, 9.17) is 9.15 Å². The molecule has 3 rings (SSSR count). The van der Waals surface area contributed by atoms with Gasteiger partial charge in [-0.25, -0.2) is 9.78 Å². The van der Waals surface area contributed by atoms with Gasteiger partial charge >= 0.3 is 5.97 Å². The number of carbonyl (C=O) groups is 1. The van der Waals surface area contributed by atoms with E-state index >= 15 is 0 Å². The third-order valence-electron chi connectivity index (χ3n) is 3.87. The van der Waals surface area contributed by atoms with Gasteiger partial charge in [0.2, 0.25) is 5.89 Å². The molecule has 0 aliphatic carbocycles. The van der Waals surface area contributed by atoms with Gasteiger partial charge in [0, 0.05) is 11.3 Å². The number of hydrogen-bond acceptors (Lipinski definition) is 5. The SMILES string of the molecule is CCS(=O)c1ccccc1C(=O)OCc1nc(-c2ccccc2)oc1C. The van der Waals surface area contributed by atoms with Crippen molar-refractivity contribution in [3.63, 3.8) is 0 Å². The standard InChI is InChI=1S/C20H19NO4S/c1-3-26(23)18-12-8-7-11-16(18)20(22)24-13-17-14(2)25-19(21-17)15-9-5-4-6-10-15/h4-12H,3,13H2,1-2H3. The molecule has 6 heteroatoms. The number of ether oxygens (including phenoxy) is 1. The zero-order valence-electron chi connectivity index (χ0n) is 14.6. The lowest BCUT2D eigenvalue weighted by atomic mass is 10.2. The second kappa shape index (κ2) is 8.10. The molecule has 0 amide bonds. The first kappa shape index (κ1) is 18.1. The van der Waals surface area contributed by atoms with Crippen molar-refractivity contribution >= 4 is 16.8 Å². The van der Waals surface area contributed by atoms with E-state index in [1.165, 1.54) is 0 Å². The molecule has 0 aliphatic rings. The van der Waals surface area contributed by atoms with E-state index in [1.54, 1.807) is 31.2 Å². The Morgan fingerprint density at radius 3 is 2.54 bits per heavy atom. The first-order valence-electron chi connectivity index (χ1n) is 8.26. The zero-order chi connectivity index (χ0) is 18.5. The quantitative estimate of drug-likeness (QED) is 0.611. The summed E-state index contributed by atoms with van der Waals surface area (Å²) in [5.41, 5.74) is 1.74. The topological polar surface area (TPSA) is 69.4 Å². The van der Waals surface area contributed by atoms with Crippen LogP contribution in [0.2, 0.25) is 0 Å². The van der Waals surface area contributed by atoms with Gasteiger partial charge in [-0.15, -0.1) is 0 Å². The van der Waals surface area contributed by atoms with Crippen molar-refractivity contribution in [2.75, 3.05) is 5.75 Å². The lowest BCUT2D eigenvalue weighted by Gasteiger charge is -2.08. The molecule has 0 saturated carbocycles. The average Bonchev–Trinajstić information content (AvgIpc) is 3.07. The van der Waals surface area contributed by atoms with Crippen LogP contribution in [0.25, 0.3) is 11.5 Å². The Bertz CT molecular complexity index is 934. The fourth-order valence-corrected chi connectivity index (χ4v) is 3.41. The number of aromatic nitrogens is 1. The van der Waals surface area contributed by atoms with Crippen LogP contribution in [-0.4, -0.2) is 20.9 Å². The van der Waals surface area contributed by atoms with Gasteiger partial charge in [0.15, 0.2) is 0 Å². The monoisotopic (exact) mass is 369 g/mol. The number of nitrogens with zero attached hydrogens (tertiary/aromatic N) is 1. The van der Waals surface area contributed by atoms with Gasteiger partial charge in [0.25, 0.3) is 0 Å². The van der Waals surface area contributed by atoms with Crippen molar-refractivity contribution in [2.45, 2.75) is 25.3 Å². The van der Waals surface area contributed by atoms with Crippen LogP contribution in [0.1, 0.15) is 28.7 Å². The van der Waals surface area contributed by atoms with Crippen LogP contribution in [0.3, 0.4) is 0 Å². The second-order valence-electron chi connectivity index (χ2n) is 5.59. The largest absolute Gasteiger partial charge is 0.455 e. The van der Waals surface area contributed by atoms with Gasteiger partial charge in [-0.2, -0.15) is 0 Å². The molecule has 2 aromatic carbocycles. The maximum Gasteiger partial charge on any atom is 0.339 e. The molecule has 0 saturated heterocycles. The molecule has 1 unspecified atom stereocenters. The van der Waals surface area contributed by atoms with Crippen molar-refractivity contribution in [3.8, 4) is 11.5 Å². The minimum Gasteiger partial charge on any atom is -0.455 e. The maximum atomic E-state index is 12.4. The Morgan fingerprint density at radius 2 is 1.81 bits per heavy atom. The summed E-state index contributed by atoms with van der Waals surface area (Å²) in [5, 5.41) is 0. The highest BCUT2D eigenvalue weighted by Crippen LogP contribution is 2.22. The minimum absolute atomic E-state index is 0.00586. The summed E-state index contributed by atoms with van der Waals surface area (Å²) in [6, 6.07) is 16.3. The van der Waals surface area contributed by atoms with Crippen molar-refractivity contribution in [1.29, 1.82) is 0 Å². The van der Waals surface area contributed by atoms with E-state index in [-0.39, 0.29) is 6.61 Å². The summed E-state index contributed by atoms with van der Waals surface area (Å²) < 4.78 is 23.2. The summed E-state index contributed by atoms with van der Waals surface area (Å²) in [6.45, 7) is 3.58. The number of rotatable bonds is 6. The lowest BCUT2D eigenvalue weighted by Crippen LogP contribution is -2.10. The van der Waals surface area contributed by atoms with E-state index in [0.29, 0.717) is 33.6 Å². The molecule has 0 aliphatic heterocycles. The Labute approximate surface area is 154 Å². The summed E-state index contributed by atoms with van der Waals surface area (Å²) >= 11 is 0. The Kier molecular flexibility index (Phi) is 5.63. The average molecular weight is 369 g/mol. The molecule has 1 heterocycles. The fraction of sp³-hybridized carbons (Fsp3) is 0.200.